The highest BCUT2D eigenvalue weighted by Gasteiger charge is 2.21. The van der Waals surface area contributed by atoms with Crippen molar-refractivity contribution >= 4 is 0 Å². The number of fused-ring (bicyclic) bond motifs is 1. The van der Waals surface area contributed by atoms with Crippen LogP contribution in [0, 0.1) is 6.07 Å². The second kappa shape index (κ2) is 3.52. The lowest BCUT2D eigenvalue weighted by molar-refractivity contribution is 0.667. The quantitative estimate of drug-likeness (QED) is 0.736. The van der Waals surface area contributed by atoms with E-state index >= 15 is 0 Å². The van der Waals surface area contributed by atoms with Gasteiger partial charge in [0.25, 0.3) is 0 Å². The number of nitrogens with one attached hydrogen (secondary N) is 1. The molecule has 2 aromatic rings. The van der Waals surface area contributed by atoms with Crippen LogP contribution in [0.15, 0.2) is 48.5 Å². The van der Waals surface area contributed by atoms with Gasteiger partial charge in [0.15, 0.2) is 0 Å². The lowest BCUT2D eigenvalue weighted by Gasteiger charge is -2.11. The van der Waals surface area contributed by atoms with Gasteiger partial charge in [-0.2, -0.15) is 0 Å². The largest absolute Gasteiger partial charge is 0.302 e. The Hall–Kier alpha value is -1.60. The summed E-state index contributed by atoms with van der Waals surface area (Å²) >= 11 is 0. The van der Waals surface area contributed by atoms with Crippen LogP contribution < -0.4 is 5.32 Å². The highest BCUT2D eigenvalue weighted by molar-refractivity contribution is 5.40. The molecule has 3 rings (SSSR count). The molecule has 0 aromatic heterocycles. The van der Waals surface area contributed by atoms with Crippen LogP contribution in [0.25, 0.3) is 0 Å². The minimum Gasteiger partial charge on any atom is -0.302 e. The van der Waals surface area contributed by atoms with Crippen molar-refractivity contribution in [2.75, 3.05) is 0 Å². The molecule has 1 N–H and O–H groups in total. The van der Waals surface area contributed by atoms with Crippen molar-refractivity contribution in [3.05, 3.63) is 71.3 Å². The molecule has 1 radical (unpaired) electrons. The predicted octanol–water partition coefficient (Wildman–Crippen LogP) is 2.68. The van der Waals surface area contributed by atoms with Gasteiger partial charge >= 0.3 is 0 Å². The second-order valence-electron chi connectivity index (χ2n) is 3.85. The molecule has 0 aliphatic carbocycles. The summed E-state index contributed by atoms with van der Waals surface area (Å²) in [5.74, 6) is 0. The van der Waals surface area contributed by atoms with Crippen LogP contribution in [0.5, 0.6) is 0 Å². The normalized spacial score (nSPS) is 18.8. The monoisotopic (exact) mass is 194 g/mol. The number of hydrogen-bond acceptors (Lipinski definition) is 1. The van der Waals surface area contributed by atoms with E-state index in [1.54, 1.807) is 0 Å². The maximum Gasteiger partial charge on any atom is 0.0582 e. The fourth-order valence-corrected chi connectivity index (χ4v) is 2.19. The van der Waals surface area contributed by atoms with Crippen LogP contribution in [0.4, 0.5) is 0 Å². The maximum absolute atomic E-state index is 3.52. The first-order chi connectivity index (χ1) is 7.45. The van der Waals surface area contributed by atoms with Gasteiger partial charge in [0.2, 0.25) is 0 Å². The van der Waals surface area contributed by atoms with Crippen LogP contribution in [0.3, 0.4) is 0 Å². The highest BCUT2D eigenvalue weighted by Crippen LogP contribution is 2.30. The van der Waals surface area contributed by atoms with Crippen molar-refractivity contribution in [2.24, 2.45) is 0 Å². The van der Waals surface area contributed by atoms with Crippen molar-refractivity contribution < 1.29 is 0 Å². The summed E-state index contributed by atoms with van der Waals surface area (Å²) in [6, 6.07) is 20.2. The molecule has 0 spiro atoms. The SMILES string of the molecule is [c]1ccc(C2NCc3ccccc32)cc1. The van der Waals surface area contributed by atoms with E-state index in [4.69, 9.17) is 0 Å². The maximum atomic E-state index is 3.52. The molecular weight excluding hydrogens is 182 g/mol. The predicted molar refractivity (Wildman–Crippen MR) is 60.4 cm³/mol. The standard InChI is InChI=1S/C14H12N/c1-2-6-11(7-3-1)14-13-9-5-4-8-12(13)10-15-14/h2-9,14-15H,10H2. The van der Waals surface area contributed by atoms with Crippen molar-refractivity contribution in [1.82, 2.24) is 5.32 Å². The van der Waals surface area contributed by atoms with E-state index in [0.29, 0.717) is 6.04 Å². The van der Waals surface area contributed by atoms with Crippen LogP contribution in [-0.4, -0.2) is 0 Å². The van der Waals surface area contributed by atoms with E-state index in [0.717, 1.165) is 6.54 Å². The molecule has 1 aliphatic heterocycles. The molecule has 1 atom stereocenters. The van der Waals surface area contributed by atoms with Crippen LogP contribution >= 0.6 is 0 Å². The zero-order chi connectivity index (χ0) is 10.1. The van der Waals surface area contributed by atoms with Gasteiger partial charge in [-0.1, -0.05) is 48.5 Å². The van der Waals surface area contributed by atoms with Gasteiger partial charge in [0.1, 0.15) is 0 Å². The smallest absolute Gasteiger partial charge is 0.0582 e. The van der Waals surface area contributed by atoms with E-state index in [1.807, 2.05) is 12.1 Å². The van der Waals surface area contributed by atoms with Gasteiger partial charge in [0.05, 0.1) is 6.04 Å². The van der Waals surface area contributed by atoms with E-state index in [2.05, 4.69) is 47.8 Å². The Kier molecular flexibility index (Phi) is 2.04. The molecule has 15 heavy (non-hydrogen) atoms. The average molecular weight is 194 g/mol. The second-order valence-corrected chi connectivity index (χ2v) is 3.85. The molecule has 1 unspecified atom stereocenters. The molecule has 0 fully saturated rings. The Morgan fingerprint density at radius 1 is 1.07 bits per heavy atom. The van der Waals surface area contributed by atoms with Gasteiger partial charge in [0, 0.05) is 6.54 Å². The minimum atomic E-state index is 0.357. The summed E-state index contributed by atoms with van der Waals surface area (Å²) < 4.78 is 0. The topological polar surface area (TPSA) is 12.0 Å². The van der Waals surface area contributed by atoms with Gasteiger partial charge < -0.3 is 5.32 Å². The van der Waals surface area contributed by atoms with Crippen LogP contribution in [0.1, 0.15) is 22.7 Å². The molecule has 1 heteroatoms. The molecule has 0 saturated heterocycles. The summed E-state index contributed by atoms with van der Waals surface area (Å²) in [5.41, 5.74) is 4.14. The summed E-state index contributed by atoms with van der Waals surface area (Å²) in [5, 5.41) is 3.52. The molecule has 0 bridgehead atoms. The van der Waals surface area contributed by atoms with E-state index in [-0.39, 0.29) is 0 Å². The van der Waals surface area contributed by atoms with Gasteiger partial charge in [-0.05, 0) is 22.8 Å². The van der Waals surface area contributed by atoms with E-state index in [1.165, 1.54) is 16.7 Å². The molecule has 2 aromatic carbocycles. The van der Waals surface area contributed by atoms with E-state index < -0.39 is 0 Å². The first-order valence-electron chi connectivity index (χ1n) is 5.22. The Balaban J connectivity index is 2.05. The summed E-state index contributed by atoms with van der Waals surface area (Å²) in [4.78, 5) is 0. The van der Waals surface area contributed by atoms with Crippen LogP contribution in [-0.2, 0) is 6.54 Å². The van der Waals surface area contributed by atoms with Crippen molar-refractivity contribution in [3.8, 4) is 0 Å². The van der Waals surface area contributed by atoms with Gasteiger partial charge in [-0.3, -0.25) is 0 Å². The first kappa shape index (κ1) is 8.69. The molecule has 0 amide bonds. The molecule has 1 nitrogen and oxygen atoms in total. The number of hydrogen-bond donors (Lipinski definition) is 1. The molecule has 0 saturated carbocycles. The zero-order valence-electron chi connectivity index (χ0n) is 8.40. The number of benzene rings is 2. The summed E-state index contributed by atoms with van der Waals surface area (Å²) in [6.07, 6.45) is 0. The lowest BCUT2D eigenvalue weighted by atomic mass is 9.99. The molecular formula is C14H12N. The Bertz CT molecular complexity index is 462. The molecule has 73 valence electrons. The molecule has 1 heterocycles. The Morgan fingerprint density at radius 2 is 1.87 bits per heavy atom. The van der Waals surface area contributed by atoms with Crippen molar-refractivity contribution in [2.45, 2.75) is 12.6 Å². The average Bonchev–Trinajstić information content (AvgIpc) is 2.74. The van der Waals surface area contributed by atoms with Crippen molar-refractivity contribution in [3.63, 3.8) is 0 Å². The third kappa shape index (κ3) is 1.45. The fraction of sp³-hybridized carbons (Fsp3) is 0.143. The Labute approximate surface area is 89.8 Å². The zero-order valence-corrected chi connectivity index (χ0v) is 8.40. The van der Waals surface area contributed by atoms with Crippen LogP contribution in [0.2, 0.25) is 0 Å². The first-order valence-corrected chi connectivity index (χ1v) is 5.22. The summed E-state index contributed by atoms with van der Waals surface area (Å²) in [6.45, 7) is 0.972. The lowest BCUT2D eigenvalue weighted by Crippen LogP contribution is -2.12. The molecule has 1 aliphatic rings. The van der Waals surface area contributed by atoms with Crippen molar-refractivity contribution in [1.29, 1.82) is 0 Å². The number of rotatable bonds is 1. The highest BCUT2D eigenvalue weighted by atomic mass is 14.9. The van der Waals surface area contributed by atoms with Gasteiger partial charge in [-0.25, -0.2) is 0 Å². The summed E-state index contributed by atoms with van der Waals surface area (Å²) in [7, 11) is 0. The minimum absolute atomic E-state index is 0.357. The fourth-order valence-electron chi connectivity index (χ4n) is 2.19. The van der Waals surface area contributed by atoms with E-state index in [9.17, 15) is 0 Å². The third-order valence-corrected chi connectivity index (χ3v) is 2.94. The Morgan fingerprint density at radius 3 is 2.73 bits per heavy atom. The third-order valence-electron chi connectivity index (χ3n) is 2.94. The van der Waals surface area contributed by atoms with Gasteiger partial charge in [-0.15, -0.1) is 0 Å².